The van der Waals surface area contributed by atoms with Crippen molar-refractivity contribution in [3.63, 3.8) is 0 Å². The summed E-state index contributed by atoms with van der Waals surface area (Å²) in [6.45, 7) is 0. The SMILES string of the molecule is CS(=O)(=O)CC(N)c1cc2[nH]c(=O)[nH]c2cc1Br. The monoisotopic (exact) mass is 333 g/mol. The highest BCUT2D eigenvalue weighted by Crippen LogP contribution is 2.26. The van der Waals surface area contributed by atoms with E-state index in [0.717, 1.165) is 6.26 Å². The third-order valence-corrected chi connectivity index (χ3v) is 4.17. The molecule has 1 aromatic heterocycles. The predicted molar refractivity (Wildman–Crippen MR) is 73.3 cm³/mol. The van der Waals surface area contributed by atoms with Gasteiger partial charge in [-0.2, -0.15) is 0 Å². The molecule has 0 aliphatic rings. The molecule has 0 saturated heterocycles. The van der Waals surface area contributed by atoms with Crippen LogP contribution in [0.25, 0.3) is 11.0 Å². The lowest BCUT2D eigenvalue weighted by Crippen LogP contribution is -2.21. The van der Waals surface area contributed by atoms with Gasteiger partial charge in [-0.15, -0.1) is 0 Å². The van der Waals surface area contributed by atoms with Crippen LogP contribution in [0.15, 0.2) is 21.4 Å². The van der Waals surface area contributed by atoms with E-state index in [1.54, 1.807) is 12.1 Å². The van der Waals surface area contributed by atoms with Gasteiger partial charge in [-0.05, 0) is 17.7 Å². The molecule has 0 fully saturated rings. The van der Waals surface area contributed by atoms with Crippen molar-refractivity contribution in [3.8, 4) is 0 Å². The lowest BCUT2D eigenvalue weighted by Gasteiger charge is -2.12. The first-order valence-electron chi connectivity index (χ1n) is 5.11. The molecule has 4 N–H and O–H groups in total. The first kappa shape index (κ1) is 13.3. The quantitative estimate of drug-likeness (QED) is 0.766. The summed E-state index contributed by atoms with van der Waals surface area (Å²) >= 11 is 3.32. The van der Waals surface area contributed by atoms with Crippen molar-refractivity contribution in [1.82, 2.24) is 9.97 Å². The zero-order valence-corrected chi connectivity index (χ0v) is 11.9. The standard InChI is InChI=1S/C10H12BrN3O3S/c1-18(16,17)4-7(12)5-2-8-9(3-6(5)11)14-10(15)13-8/h2-3,7H,4,12H2,1H3,(H2,13,14,15). The third kappa shape index (κ3) is 2.82. The molecule has 0 bridgehead atoms. The van der Waals surface area contributed by atoms with Crippen molar-refractivity contribution in [2.45, 2.75) is 6.04 Å². The van der Waals surface area contributed by atoms with Crippen molar-refractivity contribution in [1.29, 1.82) is 0 Å². The second kappa shape index (κ2) is 4.52. The molecule has 1 atom stereocenters. The van der Waals surface area contributed by atoms with E-state index >= 15 is 0 Å². The Bertz CT molecular complexity index is 747. The minimum absolute atomic E-state index is 0.147. The number of imidazole rings is 1. The summed E-state index contributed by atoms with van der Waals surface area (Å²) in [7, 11) is -3.16. The third-order valence-electron chi connectivity index (χ3n) is 2.52. The van der Waals surface area contributed by atoms with Gasteiger partial charge < -0.3 is 15.7 Å². The van der Waals surface area contributed by atoms with E-state index < -0.39 is 15.9 Å². The molecule has 0 aliphatic carbocycles. The van der Waals surface area contributed by atoms with Gasteiger partial charge >= 0.3 is 5.69 Å². The van der Waals surface area contributed by atoms with Crippen LogP contribution in [0.2, 0.25) is 0 Å². The number of fused-ring (bicyclic) bond motifs is 1. The number of sulfone groups is 1. The minimum atomic E-state index is -3.16. The van der Waals surface area contributed by atoms with Gasteiger partial charge in [-0.1, -0.05) is 15.9 Å². The number of rotatable bonds is 3. The van der Waals surface area contributed by atoms with Crippen LogP contribution in [0, 0.1) is 0 Å². The van der Waals surface area contributed by atoms with E-state index in [2.05, 4.69) is 25.9 Å². The normalized spacial score (nSPS) is 13.9. The van der Waals surface area contributed by atoms with E-state index in [1.807, 2.05) is 0 Å². The van der Waals surface area contributed by atoms with Crippen molar-refractivity contribution in [3.05, 3.63) is 32.7 Å². The number of benzene rings is 1. The number of nitrogens with one attached hydrogen (secondary N) is 2. The fourth-order valence-corrected chi connectivity index (χ4v) is 3.24. The molecule has 0 radical (unpaired) electrons. The van der Waals surface area contributed by atoms with E-state index in [0.29, 0.717) is 21.1 Å². The number of aromatic amines is 2. The maximum atomic E-state index is 11.2. The Hall–Kier alpha value is -1.12. The van der Waals surface area contributed by atoms with E-state index in [1.165, 1.54) is 0 Å². The molecule has 6 nitrogen and oxygen atoms in total. The number of aromatic nitrogens is 2. The second-order valence-electron chi connectivity index (χ2n) is 4.20. The number of halogens is 1. The fourth-order valence-electron chi connectivity index (χ4n) is 1.77. The van der Waals surface area contributed by atoms with Crippen LogP contribution in [-0.4, -0.2) is 30.4 Å². The average molecular weight is 334 g/mol. The summed E-state index contributed by atoms with van der Waals surface area (Å²) in [6, 6.07) is 2.73. The summed E-state index contributed by atoms with van der Waals surface area (Å²) in [4.78, 5) is 16.4. The molecule has 0 amide bonds. The largest absolute Gasteiger partial charge is 0.323 e. The van der Waals surface area contributed by atoms with Crippen molar-refractivity contribution < 1.29 is 8.42 Å². The zero-order chi connectivity index (χ0) is 13.5. The molecule has 8 heteroatoms. The molecule has 2 rings (SSSR count). The van der Waals surface area contributed by atoms with Gasteiger partial charge in [0.1, 0.15) is 9.84 Å². The zero-order valence-electron chi connectivity index (χ0n) is 9.53. The molecular weight excluding hydrogens is 322 g/mol. The topological polar surface area (TPSA) is 109 Å². The molecule has 18 heavy (non-hydrogen) atoms. The predicted octanol–water partition coefficient (Wildman–Crippen LogP) is 0.663. The molecule has 1 unspecified atom stereocenters. The molecule has 2 aromatic rings. The first-order chi connectivity index (χ1) is 8.26. The van der Waals surface area contributed by atoms with Gasteiger partial charge in [0.05, 0.1) is 16.8 Å². The van der Waals surface area contributed by atoms with Crippen molar-refractivity contribution in [2.24, 2.45) is 5.73 Å². The number of hydrogen-bond acceptors (Lipinski definition) is 4. The number of hydrogen-bond donors (Lipinski definition) is 3. The summed E-state index contributed by atoms with van der Waals surface area (Å²) in [5.41, 5.74) is 7.44. The van der Waals surface area contributed by atoms with Crippen LogP contribution < -0.4 is 11.4 Å². The Kier molecular flexibility index (Phi) is 3.35. The summed E-state index contributed by atoms with van der Waals surface area (Å²) in [5.74, 6) is -0.147. The Morgan fingerprint density at radius 3 is 2.44 bits per heavy atom. The second-order valence-corrected chi connectivity index (χ2v) is 7.24. The number of nitrogens with two attached hydrogens (primary N) is 1. The Balaban J connectivity index is 2.50. The highest BCUT2D eigenvalue weighted by molar-refractivity contribution is 9.10. The fraction of sp³-hybridized carbons (Fsp3) is 0.300. The Labute approximate surface area is 112 Å². The van der Waals surface area contributed by atoms with Gasteiger partial charge in [0, 0.05) is 16.8 Å². The maximum absolute atomic E-state index is 11.2. The smallest absolute Gasteiger partial charge is 0.323 e. The van der Waals surface area contributed by atoms with Crippen LogP contribution in [0.5, 0.6) is 0 Å². The van der Waals surface area contributed by atoms with Gasteiger partial charge in [0.15, 0.2) is 0 Å². The van der Waals surface area contributed by atoms with Crippen LogP contribution in [-0.2, 0) is 9.84 Å². The van der Waals surface area contributed by atoms with Crippen LogP contribution in [0.4, 0.5) is 0 Å². The molecule has 1 heterocycles. The lowest BCUT2D eigenvalue weighted by molar-refractivity contribution is 0.594. The van der Waals surface area contributed by atoms with E-state index in [4.69, 9.17) is 5.73 Å². The molecule has 0 saturated carbocycles. The van der Waals surface area contributed by atoms with Gasteiger partial charge in [-0.25, -0.2) is 13.2 Å². The summed E-state index contributed by atoms with van der Waals surface area (Å²) < 4.78 is 23.1. The first-order valence-corrected chi connectivity index (χ1v) is 7.96. The van der Waals surface area contributed by atoms with Crippen LogP contribution in [0.1, 0.15) is 11.6 Å². The van der Waals surface area contributed by atoms with Crippen molar-refractivity contribution >= 4 is 36.8 Å². The van der Waals surface area contributed by atoms with Crippen LogP contribution in [0.3, 0.4) is 0 Å². The van der Waals surface area contributed by atoms with E-state index in [-0.39, 0.29) is 11.4 Å². The maximum Gasteiger partial charge on any atom is 0.323 e. The summed E-state index contributed by atoms with van der Waals surface area (Å²) in [6.07, 6.45) is 1.14. The highest BCUT2D eigenvalue weighted by Gasteiger charge is 2.17. The molecular formula is C10H12BrN3O3S. The van der Waals surface area contributed by atoms with Gasteiger partial charge in [-0.3, -0.25) is 0 Å². The minimum Gasteiger partial charge on any atom is -0.323 e. The average Bonchev–Trinajstić information content (AvgIpc) is 2.53. The van der Waals surface area contributed by atoms with Gasteiger partial charge in [0.2, 0.25) is 0 Å². The molecule has 98 valence electrons. The molecule has 1 aromatic carbocycles. The Morgan fingerprint density at radius 2 is 1.89 bits per heavy atom. The summed E-state index contributed by atoms with van der Waals surface area (Å²) in [5, 5.41) is 0. The van der Waals surface area contributed by atoms with Crippen LogP contribution >= 0.6 is 15.9 Å². The molecule has 0 spiro atoms. The number of H-pyrrole nitrogens is 2. The Morgan fingerprint density at radius 1 is 1.33 bits per heavy atom. The van der Waals surface area contributed by atoms with E-state index in [9.17, 15) is 13.2 Å². The lowest BCUT2D eigenvalue weighted by atomic mass is 10.1. The molecule has 0 aliphatic heterocycles. The van der Waals surface area contributed by atoms with Gasteiger partial charge in [0.25, 0.3) is 0 Å². The van der Waals surface area contributed by atoms with Crippen molar-refractivity contribution in [2.75, 3.05) is 12.0 Å². The highest BCUT2D eigenvalue weighted by atomic mass is 79.9.